The normalized spacial score (nSPS) is 11.9. The highest BCUT2D eigenvalue weighted by atomic mass is 35.5. The zero-order chi connectivity index (χ0) is 9.56. The summed E-state index contributed by atoms with van der Waals surface area (Å²) in [5.41, 5.74) is 5.25. The van der Waals surface area contributed by atoms with E-state index in [1.807, 2.05) is 0 Å². The summed E-state index contributed by atoms with van der Waals surface area (Å²) in [5.74, 6) is -1.27. The van der Waals surface area contributed by atoms with Gasteiger partial charge >= 0.3 is 11.9 Å². The van der Waals surface area contributed by atoms with Crippen LogP contribution < -0.4 is 5.73 Å². The maximum Gasteiger partial charge on any atom is 0.324 e. The van der Waals surface area contributed by atoms with Crippen LogP contribution in [0.2, 0.25) is 0 Å². The van der Waals surface area contributed by atoms with Gasteiger partial charge in [0.15, 0.2) is 6.07 Å². The molecule has 0 spiro atoms. The number of ether oxygens (including phenoxy) is 2. The summed E-state index contributed by atoms with van der Waals surface area (Å²) in [7, 11) is 1.21. The number of esters is 2. The molecule has 0 aliphatic heterocycles. The lowest BCUT2D eigenvalue weighted by molar-refractivity contribution is -0.149. The SMILES string of the molecule is COC(=O)C[C@H](N)C(=O)OCCl. The molecule has 0 aromatic rings. The van der Waals surface area contributed by atoms with Crippen molar-refractivity contribution in [2.75, 3.05) is 13.2 Å². The van der Waals surface area contributed by atoms with Crippen molar-refractivity contribution < 1.29 is 19.1 Å². The lowest BCUT2D eigenvalue weighted by atomic mass is 10.2. The van der Waals surface area contributed by atoms with Crippen molar-refractivity contribution in [1.29, 1.82) is 0 Å². The van der Waals surface area contributed by atoms with Crippen molar-refractivity contribution in [2.45, 2.75) is 12.5 Å². The highest BCUT2D eigenvalue weighted by Gasteiger charge is 2.18. The molecule has 0 aromatic carbocycles. The number of carbonyl (C=O) groups is 2. The third-order valence-electron chi connectivity index (χ3n) is 1.11. The van der Waals surface area contributed by atoms with E-state index in [0.29, 0.717) is 0 Å². The first-order valence-electron chi connectivity index (χ1n) is 3.16. The van der Waals surface area contributed by atoms with Gasteiger partial charge in [-0.2, -0.15) is 0 Å². The van der Waals surface area contributed by atoms with Gasteiger partial charge in [-0.1, -0.05) is 11.6 Å². The van der Waals surface area contributed by atoms with Gasteiger partial charge in [0, 0.05) is 0 Å². The summed E-state index contributed by atoms with van der Waals surface area (Å²) in [5, 5.41) is 0. The number of nitrogens with two attached hydrogens (primary N) is 1. The van der Waals surface area contributed by atoms with Gasteiger partial charge in [-0.3, -0.25) is 9.59 Å². The fraction of sp³-hybridized carbons (Fsp3) is 0.667. The number of hydrogen-bond acceptors (Lipinski definition) is 5. The first kappa shape index (κ1) is 11.2. The van der Waals surface area contributed by atoms with Gasteiger partial charge in [0.2, 0.25) is 0 Å². The molecule has 12 heavy (non-hydrogen) atoms. The molecule has 0 saturated carbocycles. The van der Waals surface area contributed by atoms with Gasteiger partial charge in [0.25, 0.3) is 0 Å². The van der Waals surface area contributed by atoms with Crippen LogP contribution in [0, 0.1) is 0 Å². The fourth-order valence-corrected chi connectivity index (χ4v) is 0.615. The summed E-state index contributed by atoms with van der Waals surface area (Å²) in [6, 6.07) is -1.27. The first-order chi connectivity index (χ1) is 5.61. The van der Waals surface area contributed by atoms with E-state index in [1.165, 1.54) is 7.11 Å². The fourth-order valence-electron chi connectivity index (χ4n) is 0.507. The average molecular weight is 196 g/mol. The summed E-state index contributed by atoms with van der Waals surface area (Å²) >= 11 is 5.10. The molecule has 0 aromatic heterocycles. The van der Waals surface area contributed by atoms with Crippen LogP contribution in [0.1, 0.15) is 6.42 Å². The first-order valence-corrected chi connectivity index (χ1v) is 3.70. The molecule has 0 amide bonds. The second-order valence-corrected chi connectivity index (χ2v) is 2.18. The maximum atomic E-state index is 10.8. The Labute approximate surface area is 74.8 Å². The minimum absolute atomic E-state index is 0.202. The third-order valence-corrected chi connectivity index (χ3v) is 1.22. The van der Waals surface area contributed by atoms with E-state index in [9.17, 15) is 9.59 Å². The van der Waals surface area contributed by atoms with E-state index in [0.717, 1.165) is 0 Å². The molecule has 1 atom stereocenters. The highest BCUT2D eigenvalue weighted by molar-refractivity contribution is 6.17. The summed E-state index contributed by atoms with van der Waals surface area (Å²) in [6.07, 6.45) is -0.202. The topological polar surface area (TPSA) is 78.6 Å². The number of methoxy groups -OCH3 is 1. The molecule has 0 unspecified atom stereocenters. The summed E-state index contributed by atoms with van der Waals surface area (Å²) in [4.78, 5) is 21.3. The molecule has 0 bridgehead atoms. The Balaban J connectivity index is 3.78. The van der Waals surface area contributed by atoms with Crippen LogP contribution in [0.4, 0.5) is 0 Å². The maximum absolute atomic E-state index is 10.8. The predicted octanol–water partition coefficient (Wildman–Crippen LogP) is -0.384. The van der Waals surface area contributed by atoms with Crippen LogP contribution in [-0.2, 0) is 19.1 Å². The van der Waals surface area contributed by atoms with Gasteiger partial charge in [-0.05, 0) is 0 Å². The van der Waals surface area contributed by atoms with Gasteiger partial charge in [-0.15, -0.1) is 0 Å². The summed E-state index contributed by atoms with van der Waals surface area (Å²) < 4.78 is 8.63. The molecule has 6 heteroatoms. The lowest BCUT2D eigenvalue weighted by Gasteiger charge is -2.07. The van der Waals surface area contributed by atoms with Crippen molar-refractivity contribution in [3.63, 3.8) is 0 Å². The third kappa shape index (κ3) is 4.15. The smallest absolute Gasteiger partial charge is 0.324 e. The van der Waals surface area contributed by atoms with Crippen LogP contribution in [0.5, 0.6) is 0 Å². The number of alkyl halides is 1. The Hall–Kier alpha value is -0.810. The van der Waals surface area contributed by atoms with Gasteiger partial charge in [0.1, 0.15) is 6.04 Å². The number of halogens is 1. The van der Waals surface area contributed by atoms with E-state index < -0.39 is 18.0 Å². The van der Waals surface area contributed by atoms with Crippen molar-refractivity contribution in [3.05, 3.63) is 0 Å². The quantitative estimate of drug-likeness (QED) is 0.489. The van der Waals surface area contributed by atoms with E-state index in [1.54, 1.807) is 0 Å². The second-order valence-electron chi connectivity index (χ2n) is 1.96. The largest absolute Gasteiger partial charge is 0.469 e. The number of carbonyl (C=O) groups excluding carboxylic acids is 2. The molecular formula is C6H10ClNO4. The van der Waals surface area contributed by atoms with Crippen molar-refractivity contribution in [1.82, 2.24) is 0 Å². The molecule has 5 nitrogen and oxygen atoms in total. The predicted molar refractivity (Wildman–Crippen MR) is 41.4 cm³/mol. The molecule has 0 radical (unpaired) electrons. The van der Waals surface area contributed by atoms with Crippen molar-refractivity contribution >= 4 is 23.5 Å². The molecule has 0 heterocycles. The zero-order valence-electron chi connectivity index (χ0n) is 6.58. The Morgan fingerprint density at radius 1 is 1.58 bits per heavy atom. The van der Waals surface area contributed by atoms with Gasteiger partial charge in [0.05, 0.1) is 13.5 Å². The highest BCUT2D eigenvalue weighted by Crippen LogP contribution is 1.94. The molecule has 0 aliphatic rings. The molecular weight excluding hydrogens is 186 g/mol. The van der Waals surface area contributed by atoms with E-state index in [-0.39, 0.29) is 12.5 Å². The van der Waals surface area contributed by atoms with Crippen LogP contribution in [0.25, 0.3) is 0 Å². The van der Waals surface area contributed by atoms with E-state index in [2.05, 4.69) is 9.47 Å². The van der Waals surface area contributed by atoms with Crippen molar-refractivity contribution in [2.24, 2.45) is 5.73 Å². The monoisotopic (exact) mass is 195 g/mol. The number of rotatable bonds is 4. The van der Waals surface area contributed by atoms with Crippen LogP contribution >= 0.6 is 11.6 Å². The van der Waals surface area contributed by atoms with Crippen LogP contribution in [0.15, 0.2) is 0 Å². The Bertz CT molecular complexity index is 173. The minimum Gasteiger partial charge on any atom is -0.469 e. The molecule has 0 saturated heterocycles. The van der Waals surface area contributed by atoms with Gasteiger partial charge in [-0.25, -0.2) is 0 Å². The number of hydrogen-bond donors (Lipinski definition) is 1. The molecule has 2 N–H and O–H groups in total. The molecule has 0 aliphatic carbocycles. The Morgan fingerprint density at radius 3 is 2.58 bits per heavy atom. The molecule has 0 rings (SSSR count). The minimum atomic E-state index is -1.00. The van der Waals surface area contributed by atoms with Gasteiger partial charge < -0.3 is 15.2 Å². The van der Waals surface area contributed by atoms with Crippen LogP contribution in [-0.4, -0.2) is 31.2 Å². The summed E-state index contributed by atoms with van der Waals surface area (Å²) in [6.45, 7) is 0. The van der Waals surface area contributed by atoms with E-state index in [4.69, 9.17) is 17.3 Å². The lowest BCUT2D eigenvalue weighted by Crippen LogP contribution is -2.34. The molecule has 70 valence electrons. The Kier molecular flexibility index (Phi) is 5.40. The van der Waals surface area contributed by atoms with Crippen molar-refractivity contribution in [3.8, 4) is 0 Å². The van der Waals surface area contributed by atoms with Crippen LogP contribution in [0.3, 0.4) is 0 Å². The van der Waals surface area contributed by atoms with E-state index >= 15 is 0 Å². The zero-order valence-corrected chi connectivity index (χ0v) is 7.34. The standard InChI is InChI=1S/C6H10ClNO4/c1-11-5(9)2-4(8)6(10)12-3-7/h4H,2-3,8H2,1H3/t4-/m0/s1. The molecule has 0 fully saturated rings. The Morgan fingerprint density at radius 2 is 2.17 bits per heavy atom. The second kappa shape index (κ2) is 5.79. The average Bonchev–Trinajstić information content (AvgIpc) is 2.04.